The van der Waals surface area contributed by atoms with Crippen LogP contribution in [0.3, 0.4) is 0 Å². The molecule has 0 aliphatic rings. The minimum absolute atomic E-state index is 0.0370. The summed E-state index contributed by atoms with van der Waals surface area (Å²) in [7, 11) is 2.60. The standard InChI is InChI=1S/C16H20O6/c1-21-15(19)5-3-4-13(17)11-6-8-14(18)12(10-11)7-9-16(20)22-2/h6,8,10,18H,3-5,7,9H2,1-2H3. The Labute approximate surface area is 129 Å². The van der Waals surface area contributed by atoms with Crippen molar-refractivity contribution in [2.24, 2.45) is 0 Å². The van der Waals surface area contributed by atoms with E-state index in [0.717, 1.165) is 0 Å². The molecule has 0 aromatic heterocycles. The molecule has 0 saturated heterocycles. The Kier molecular flexibility index (Phi) is 7.08. The number of Topliss-reactive ketones (excluding diaryl/α,β-unsaturated/α-hetero) is 1. The molecule has 0 fully saturated rings. The number of aryl methyl sites for hydroxylation is 1. The van der Waals surface area contributed by atoms with Crippen LogP contribution in [0.25, 0.3) is 0 Å². The van der Waals surface area contributed by atoms with E-state index in [1.807, 2.05) is 0 Å². The van der Waals surface area contributed by atoms with Gasteiger partial charge >= 0.3 is 11.9 Å². The van der Waals surface area contributed by atoms with Crippen LogP contribution >= 0.6 is 0 Å². The maximum absolute atomic E-state index is 12.0. The van der Waals surface area contributed by atoms with Crippen molar-refractivity contribution < 1.29 is 29.0 Å². The molecule has 0 saturated carbocycles. The van der Waals surface area contributed by atoms with E-state index in [1.54, 1.807) is 6.07 Å². The van der Waals surface area contributed by atoms with Crippen molar-refractivity contribution in [2.45, 2.75) is 32.1 Å². The van der Waals surface area contributed by atoms with Gasteiger partial charge in [0.05, 0.1) is 14.2 Å². The minimum atomic E-state index is -0.380. The van der Waals surface area contributed by atoms with Gasteiger partial charge in [0.2, 0.25) is 0 Å². The van der Waals surface area contributed by atoms with Crippen molar-refractivity contribution in [2.75, 3.05) is 14.2 Å². The number of phenolic OH excluding ortho intramolecular Hbond substituents is 1. The predicted molar refractivity (Wildman–Crippen MR) is 78.6 cm³/mol. The Morgan fingerprint density at radius 2 is 1.64 bits per heavy atom. The minimum Gasteiger partial charge on any atom is -0.508 e. The van der Waals surface area contributed by atoms with Gasteiger partial charge in [-0.15, -0.1) is 0 Å². The summed E-state index contributed by atoms with van der Waals surface area (Å²) in [6, 6.07) is 4.52. The van der Waals surface area contributed by atoms with Gasteiger partial charge in [-0.05, 0) is 36.6 Å². The third-order valence-electron chi connectivity index (χ3n) is 3.24. The normalized spacial score (nSPS) is 10.1. The van der Waals surface area contributed by atoms with Gasteiger partial charge in [-0.3, -0.25) is 14.4 Å². The molecule has 1 rings (SSSR count). The predicted octanol–water partition coefficient (Wildman–Crippen LogP) is 2.02. The van der Waals surface area contributed by atoms with Crippen LogP contribution in [0.15, 0.2) is 18.2 Å². The molecule has 0 aliphatic carbocycles. The summed E-state index contributed by atoms with van der Waals surface area (Å²) in [6.07, 6.45) is 1.24. The zero-order valence-corrected chi connectivity index (χ0v) is 12.8. The van der Waals surface area contributed by atoms with E-state index in [9.17, 15) is 19.5 Å². The number of phenols is 1. The molecule has 0 spiro atoms. The smallest absolute Gasteiger partial charge is 0.305 e. The second-order valence-corrected chi connectivity index (χ2v) is 4.77. The van der Waals surface area contributed by atoms with Crippen molar-refractivity contribution in [3.8, 4) is 5.75 Å². The van der Waals surface area contributed by atoms with Crippen LogP contribution in [0.2, 0.25) is 0 Å². The van der Waals surface area contributed by atoms with Gasteiger partial charge in [0.1, 0.15) is 5.75 Å². The van der Waals surface area contributed by atoms with Crippen LogP contribution in [0.1, 0.15) is 41.6 Å². The third kappa shape index (κ3) is 5.55. The zero-order valence-electron chi connectivity index (χ0n) is 12.8. The molecule has 6 nitrogen and oxygen atoms in total. The number of carbonyl (C=O) groups is 3. The maximum Gasteiger partial charge on any atom is 0.305 e. The van der Waals surface area contributed by atoms with Crippen molar-refractivity contribution in [3.63, 3.8) is 0 Å². The summed E-state index contributed by atoms with van der Waals surface area (Å²) in [5, 5.41) is 9.76. The second kappa shape index (κ2) is 8.81. The van der Waals surface area contributed by atoms with Crippen LogP contribution in [0, 0.1) is 0 Å². The molecular formula is C16H20O6. The Hall–Kier alpha value is -2.37. The molecule has 1 aromatic carbocycles. The average molecular weight is 308 g/mol. The molecule has 0 bridgehead atoms. The van der Waals surface area contributed by atoms with E-state index in [4.69, 9.17) is 0 Å². The van der Waals surface area contributed by atoms with Crippen LogP contribution in [-0.2, 0) is 25.5 Å². The molecule has 0 radical (unpaired) electrons. The first kappa shape index (κ1) is 17.7. The number of aromatic hydroxyl groups is 1. The lowest BCUT2D eigenvalue weighted by molar-refractivity contribution is -0.141. The lowest BCUT2D eigenvalue weighted by Crippen LogP contribution is -2.05. The number of ether oxygens (including phenoxy) is 2. The summed E-state index contributed by atoms with van der Waals surface area (Å²) >= 11 is 0. The van der Waals surface area contributed by atoms with E-state index in [-0.39, 0.29) is 42.7 Å². The quantitative estimate of drug-likeness (QED) is 0.584. The fourth-order valence-corrected chi connectivity index (χ4v) is 1.94. The maximum atomic E-state index is 12.0. The number of hydrogen-bond acceptors (Lipinski definition) is 6. The summed E-state index contributed by atoms with van der Waals surface area (Å²) in [6.45, 7) is 0. The Balaban J connectivity index is 2.65. The van der Waals surface area contributed by atoms with E-state index in [0.29, 0.717) is 24.0 Å². The van der Waals surface area contributed by atoms with Gasteiger partial charge in [0, 0.05) is 24.8 Å². The molecule has 22 heavy (non-hydrogen) atoms. The molecule has 1 N–H and O–H groups in total. The average Bonchev–Trinajstić information content (AvgIpc) is 2.53. The van der Waals surface area contributed by atoms with Crippen LogP contribution in [-0.4, -0.2) is 37.0 Å². The van der Waals surface area contributed by atoms with Gasteiger partial charge < -0.3 is 14.6 Å². The number of esters is 2. The summed E-state index contributed by atoms with van der Waals surface area (Å²) in [5.41, 5.74) is 0.965. The van der Waals surface area contributed by atoms with Crippen molar-refractivity contribution in [1.82, 2.24) is 0 Å². The lowest BCUT2D eigenvalue weighted by Gasteiger charge is -2.07. The van der Waals surface area contributed by atoms with Crippen LogP contribution in [0.4, 0.5) is 0 Å². The van der Waals surface area contributed by atoms with Crippen molar-refractivity contribution in [1.29, 1.82) is 0 Å². The fourth-order valence-electron chi connectivity index (χ4n) is 1.94. The SMILES string of the molecule is COC(=O)CCCC(=O)c1ccc(O)c(CCC(=O)OC)c1. The largest absolute Gasteiger partial charge is 0.508 e. The van der Waals surface area contributed by atoms with E-state index >= 15 is 0 Å². The molecule has 0 unspecified atom stereocenters. The first-order chi connectivity index (χ1) is 10.5. The highest BCUT2D eigenvalue weighted by Crippen LogP contribution is 2.21. The Morgan fingerprint density at radius 3 is 2.27 bits per heavy atom. The molecule has 6 heteroatoms. The molecule has 1 aromatic rings. The first-order valence-corrected chi connectivity index (χ1v) is 6.96. The van der Waals surface area contributed by atoms with Gasteiger partial charge in [-0.2, -0.15) is 0 Å². The lowest BCUT2D eigenvalue weighted by atomic mass is 10.00. The monoisotopic (exact) mass is 308 g/mol. The number of benzene rings is 1. The third-order valence-corrected chi connectivity index (χ3v) is 3.24. The second-order valence-electron chi connectivity index (χ2n) is 4.77. The number of ketones is 1. The zero-order chi connectivity index (χ0) is 16.5. The van der Waals surface area contributed by atoms with Crippen LogP contribution < -0.4 is 0 Å². The van der Waals surface area contributed by atoms with Crippen molar-refractivity contribution in [3.05, 3.63) is 29.3 Å². The number of rotatable bonds is 8. The Bertz CT molecular complexity index is 550. The molecular weight excluding hydrogens is 288 g/mol. The molecule has 0 heterocycles. The molecule has 120 valence electrons. The van der Waals surface area contributed by atoms with E-state index in [2.05, 4.69) is 9.47 Å². The highest BCUT2D eigenvalue weighted by Gasteiger charge is 2.12. The topological polar surface area (TPSA) is 89.9 Å². The number of methoxy groups -OCH3 is 2. The van der Waals surface area contributed by atoms with Gasteiger partial charge in [0.25, 0.3) is 0 Å². The fraction of sp³-hybridized carbons (Fsp3) is 0.438. The molecule has 0 atom stereocenters. The van der Waals surface area contributed by atoms with Crippen molar-refractivity contribution >= 4 is 17.7 Å². The highest BCUT2D eigenvalue weighted by atomic mass is 16.5. The van der Waals surface area contributed by atoms with E-state index in [1.165, 1.54) is 26.4 Å². The van der Waals surface area contributed by atoms with Gasteiger partial charge in [-0.1, -0.05) is 0 Å². The molecule has 0 aliphatic heterocycles. The van der Waals surface area contributed by atoms with E-state index < -0.39 is 0 Å². The summed E-state index contributed by atoms with van der Waals surface area (Å²) in [5.74, 6) is -0.815. The number of hydrogen-bond donors (Lipinski definition) is 1. The highest BCUT2D eigenvalue weighted by molar-refractivity contribution is 5.96. The Morgan fingerprint density at radius 1 is 1.00 bits per heavy atom. The van der Waals surface area contributed by atoms with Crippen LogP contribution in [0.5, 0.6) is 5.75 Å². The summed E-state index contributed by atoms with van der Waals surface area (Å²) in [4.78, 5) is 34.2. The number of carbonyl (C=O) groups excluding carboxylic acids is 3. The van der Waals surface area contributed by atoms with Gasteiger partial charge in [-0.25, -0.2) is 0 Å². The summed E-state index contributed by atoms with van der Waals surface area (Å²) < 4.78 is 9.05. The first-order valence-electron chi connectivity index (χ1n) is 6.96. The molecule has 0 amide bonds. The van der Waals surface area contributed by atoms with Gasteiger partial charge in [0.15, 0.2) is 5.78 Å².